The van der Waals surface area contributed by atoms with Gasteiger partial charge in [-0.05, 0) is 94.7 Å². The molecule has 1 unspecified atom stereocenters. The third-order valence-corrected chi connectivity index (χ3v) is 9.25. The zero-order valence-electron chi connectivity index (χ0n) is 23.6. The van der Waals surface area contributed by atoms with Gasteiger partial charge in [-0.2, -0.15) is 13.2 Å². The number of esters is 2. The van der Waals surface area contributed by atoms with Gasteiger partial charge in [0.05, 0.1) is 17.6 Å². The predicted molar refractivity (Wildman–Crippen MR) is 140 cm³/mol. The predicted octanol–water partition coefficient (Wildman–Crippen LogP) is 4.97. The van der Waals surface area contributed by atoms with Gasteiger partial charge in [0.25, 0.3) is 0 Å². The van der Waals surface area contributed by atoms with Gasteiger partial charge in [-0.15, -0.1) is 0 Å². The van der Waals surface area contributed by atoms with Gasteiger partial charge < -0.3 is 23.7 Å². The van der Waals surface area contributed by atoms with Crippen LogP contribution in [-0.2, 0) is 30.2 Å². The molecule has 0 amide bonds. The molecular formula is C30H36F3NO7. The number of carbonyl (C=O) groups is 2. The average Bonchev–Trinajstić information content (AvgIpc) is 3.55. The minimum Gasteiger partial charge on any atom is -0.456 e. The fourth-order valence-electron chi connectivity index (χ4n) is 7.64. The molecule has 1 spiro atoms. The molecule has 2 fully saturated rings. The number of rotatable bonds is 5. The Morgan fingerprint density at radius 1 is 1.07 bits per heavy atom. The molecule has 8 nitrogen and oxygen atoms in total. The van der Waals surface area contributed by atoms with Gasteiger partial charge in [-0.3, -0.25) is 9.69 Å². The van der Waals surface area contributed by atoms with Gasteiger partial charge in [0.1, 0.15) is 6.10 Å². The number of benzene rings is 1. The Labute approximate surface area is 237 Å². The van der Waals surface area contributed by atoms with Gasteiger partial charge in [0.2, 0.25) is 6.79 Å². The lowest BCUT2D eigenvalue weighted by Crippen LogP contribution is -2.54. The molecule has 4 aliphatic heterocycles. The van der Waals surface area contributed by atoms with Crippen molar-refractivity contribution in [3.63, 3.8) is 0 Å². The number of ether oxygens (including phenoxy) is 5. The molecule has 0 N–H and O–H groups in total. The maximum atomic E-state index is 14.1. The Balaban J connectivity index is 1.34. The first-order valence-electron chi connectivity index (χ1n) is 14.3. The monoisotopic (exact) mass is 579 g/mol. The van der Waals surface area contributed by atoms with Crippen molar-refractivity contribution in [2.45, 2.75) is 101 Å². The topological polar surface area (TPSA) is 83.5 Å². The highest BCUT2D eigenvalue weighted by Crippen LogP contribution is 2.56. The summed E-state index contributed by atoms with van der Waals surface area (Å²) in [5, 5.41) is 0. The van der Waals surface area contributed by atoms with E-state index in [9.17, 15) is 22.8 Å². The Kier molecular flexibility index (Phi) is 6.84. The number of halogens is 3. The Bertz CT molecular complexity index is 1280. The fraction of sp³-hybridized carbons (Fsp3) is 0.667. The first-order valence-corrected chi connectivity index (χ1v) is 14.3. The third-order valence-electron chi connectivity index (χ3n) is 9.25. The molecule has 0 saturated carbocycles. The van der Waals surface area contributed by atoms with Crippen molar-refractivity contribution in [2.75, 3.05) is 26.5 Å². The molecule has 4 heterocycles. The summed E-state index contributed by atoms with van der Waals surface area (Å²) in [7, 11) is 0. The van der Waals surface area contributed by atoms with Gasteiger partial charge in [0.15, 0.2) is 23.7 Å². The van der Waals surface area contributed by atoms with E-state index in [1.165, 1.54) is 0 Å². The standard InChI is InChI=1S/C30H36F3NO7/c1-18-14-28-8-5-10-34(28)11-6-19-12-21-22(39-17-38-21)13-20(19)24(28)25(18)40-26(36)29(9-4-7-27(2,3)41-29)15-23(35)37-16-30(31,32)33/h12-14,24-25H,4-11,15-17H2,1-3H3/t24-,25?,28-,29-/m1/s1. The second-order valence-electron chi connectivity index (χ2n) is 12.6. The van der Waals surface area contributed by atoms with Crippen LogP contribution in [0.5, 0.6) is 11.5 Å². The summed E-state index contributed by atoms with van der Waals surface area (Å²) in [4.78, 5) is 29.2. The maximum absolute atomic E-state index is 14.1. The van der Waals surface area contributed by atoms with Gasteiger partial charge >= 0.3 is 18.1 Å². The number of carbonyl (C=O) groups excluding carboxylic acids is 2. The highest BCUT2D eigenvalue weighted by Gasteiger charge is 2.58. The van der Waals surface area contributed by atoms with E-state index in [-0.39, 0.29) is 24.7 Å². The van der Waals surface area contributed by atoms with E-state index in [2.05, 4.69) is 15.7 Å². The van der Waals surface area contributed by atoms with Crippen LogP contribution in [0.2, 0.25) is 0 Å². The zero-order chi connectivity index (χ0) is 29.2. The Hall–Kier alpha value is -2.79. The lowest BCUT2D eigenvalue weighted by molar-refractivity contribution is -0.219. The Morgan fingerprint density at radius 3 is 2.56 bits per heavy atom. The Morgan fingerprint density at radius 2 is 1.83 bits per heavy atom. The molecule has 4 atom stereocenters. The molecule has 1 aromatic carbocycles. The van der Waals surface area contributed by atoms with E-state index in [4.69, 9.17) is 18.9 Å². The highest BCUT2D eigenvalue weighted by atomic mass is 19.4. The summed E-state index contributed by atoms with van der Waals surface area (Å²) in [6, 6.07) is 4.02. The smallest absolute Gasteiger partial charge is 0.422 e. The van der Waals surface area contributed by atoms with Crippen LogP contribution in [0, 0.1) is 0 Å². The molecule has 0 aromatic heterocycles. The van der Waals surface area contributed by atoms with Crippen molar-refractivity contribution < 1.29 is 46.4 Å². The summed E-state index contributed by atoms with van der Waals surface area (Å²) >= 11 is 0. The van der Waals surface area contributed by atoms with Crippen LogP contribution < -0.4 is 9.47 Å². The second kappa shape index (κ2) is 9.90. The van der Waals surface area contributed by atoms with E-state index >= 15 is 0 Å². The van der Waals surface area contributed by atoms with E-state index in [0.717, 1.165) is 49.1 Å². The molecule has 41 heavy (non-hydrogen) atoms. The lowest BCUT2D eigenvalue weighted by Gasteiger charge is -2.44. The van der Waals surface area contributed by atoms with Crippen molar-refractivity contribution in [1.29, 1.82) is 0 Å². The van der Waals surface area contributed by atoms with Crippen LogP contribution in [0.4, 0.5) is 13.2 Å². The van der Waals surface area contributed by atoms with Crippen molar-refractivity contribution in [1.82, 2.24) is 4.90 Å². The molecule has 0 bridgehead atoms. The SMILES string of the molecule is CC1=C[C@@]23CCCN2CCc2cc4c(cc2[C@@H]3C1OC(=O)[C@]1(CC(=O)OCC(F)(F)F)CCCC(C)(C)O1)OCO4. The average molecular weight is 580 g/mol. The van der Waals surface area contributed by atoms with Crippen molar-refractivity contribution in [3.05, 3.63) is 34.9 Å². The fourth-order valence-corrected chi connectivity index (χ4v) is 7.64. The highest BCUT2D eigenvalue weighted by molar-refractivity contribution is 5.86. The number of alkyl halides is 3. The molecule has 0 radical (unpaired) electrons. The quantitative estimate of drug-likeness (QED) is 0.357. The first-order chi connectivity index (χ1) is 19.3. The lowest BCUT2D eigenvalue weighted by atomic mass is 9.77. The van der Waals surface area contributed by atoms with Crippen molar-refractivity contribution in [2.24, 2.45) is 0 Å². The van der Waals surface area contributed by atoms with Crippen molar-refractivity contribution in [3.8, 4) is 11.5 Å². The van der Waals surface area contributed by atoms with E-state index in [0.29, 0.717) is 24.3 Å². The minimum atomic E-state index is -4.68. The van der Waals surface area contributed by atoms with Gasteiger partial charge in [0, 0.05) is 12.5 Å². The number of nitrogens with zero attached hydrogens (tertiary/aromatic N) is 1. The van der Waals surface area contributed by atoms with E-state index in [1.54, 1.807) is 13.8 Å². The van der Waals surface area contributed by atoms with Crippen LogP contribution in [-0.4, -0.2) is 72.3 Å². The summed E-state index contributed by atoms with van der Waals surface area (Å²) in [5.41, 5.74) is 0.160. The van der Waals surface area contributed by atoms with Gasteiger partial charge in [-0.1, -0.05) is 6.08 Å². The van der Waals surface area contributed by atoms with Crippen LogP contribution >= 0.6 is 0 Å². The molecule has 11 heteroatoms. The molecule has 5 aliphatic rings. The molecule has 1 aromatic rings. The number of hydrogen-bond acceptors (Lipinski definition) is 8. The second-order valence-corrected chi connectivity index (χ2v) is 12.6. The summed E-state index contributed by atoms with van der Waals surface area (Å²) in [6.07, 6.45) is 0.263. The first kappa shape index (κ1) is 28.3. The largest absolute Gasteiger partial charge is 0.456 e. The van der Waals surface area contributed by atoms with Crippen LogP contribution in [0.25, 0.3) is 0 Å². The summed E-state index contributed by atoms with van der Waals surface area (Å²) < 4.78 is 66.7. The van der Waals surface area contributed by atoms with E-state index in [1.807, 2.05) is 19.1 Å². The molecule has 6 rings (SSSR count). The summed E-state index contributed by atoms with van der Waals surface area (Å²) in [5.74, 6) is -0.778. The molecule has 1 aliphatic carbocycles. The van der Waals surface area contributed by atoms with Gasteiger partial charge in [-0.25, -0.2) is 4.79 Å². The van der Waals surface area contributed by atoms with Crippen LogP contribution in [0.1, 0.15) is 76.3 Å². The zero-order valence-corrected chi connectivity index (χ0v) is 23.6. The van der Waals surface area contributed by atoms with Crippen molar-refractivity contribution >= 4 is 11.9 Å². The van der Waals surface area contributed by atoms with E-state index < -0.39 is 48.4 Å². The normalized spacial score (nSPS) is 31.9. The van der Waals surface area contributed by atoms with Crippen LogP contribution in [0.15, 0.2) is 23.8 Å². The molecule has 2 saturated heterocycles. The van der Waals surface area contributed by atoms with Crippen LogP contribution in [0.3, 0.4) is 0 Å². The molecule has 224 valence electrons. The number of fused-ring (bicyclic) bond motifs is 3. The minimum absolute atomic E-state index is 0.142. The maximum Gasteiger partial charge on any atom is 0.422 e. The third kappa shape index (κ3) is 5.09. The summed E-state index contributed by atoms with van der Waals surface area (Å²) in [6.45, 7) is 5.74. The molecular weight excluding hydrogens is 543 g/mol. The number of hydrogen-bond donors (Lipinski definition) is 0.